The molecule has 0 heterocycles. The van der Waals surface area contributed by atoms with Crippen LogP contribution in [0.25, 0.3) is 0 Å². The summed E-state index contributed by atoms with van der Waals surface area (Å²) in [7, 11) is 1.40. The first-order chi connectivity index (χ1) is 9.92. The number of nitrogens with one attached hydrogen (secondary N) is 1. The van der Waals surface area contributed by atoms with E-state index in [0.29, 0.717) is 5.75 Å². The van der Waals surface area contributed by atoms with Crippen LogP contribution in [0.4, 0.5) is 5.69 Å². The Kier molecular flexibility index (Phi) is 6.53. The van der Waals surface area contributed by atoms with E-state index in [4.69, 9.17) is 9.84 Å². The quantitative estimate of drug-likeness (QED) is 0.345. The molecule has 1 amide bonds. The van der Waals surface area contributed by atoms with Crippen molar-refractivity contribution in [1.82, 2.24) is 0 Å². The molecule has 0 aliphatic carbocycles. The second-order valence-corrected chi connectivity index (χ2v) is 4.37. The smallest absolute Gasteiger partial charge is 0.256 e. The molecule has 0 spiro atoms. The summed E-state index contributed by atoms with van der Waals surface area (Å²) in [4.78, 5) is 11.8. The number of amides is 1. The van der Waals surface area contributed by atoms with Crippen LogP contribution in [0.3, 0.4) is 0 Å². The van der Waals surface area contributed by atoms with Crippen molar-refractivity contribution in [3.63, 3.8) is 0 Å². The number of rotatable bonds is 7. The summed E-state index contributed by atoms with van der Waals surface area (Å²) >= 11 is 0. The number of hydrogen-bond acceptors (Lipinski definition) is 7. The molecule has 0 saturated heterocycles. The molecule has 21 heavy (non-hydrogen) atoms. The summed E-state index contributed by atoms with van der Waals surface area (Å²) in [5.41, 5.74) is 0.272. The predicted molar refractivity (Wildman–Crippen MR) is 72.7 cm³/mol. The third-order valence-electron chi connectivity index (χ3n) is 2.89. The van der Waals surface area contributed by atoms with Gasteiger partial charge in [0.2, 0.25) is 0 Å². The lowest BCUT2D eigenvalue weighted by Crippen LogP contribution is -2.50. The molecule has 0 radical (unpaired) electrons. The Morgan fingerprint density at radius 1 is 1.19 bits per heavy atom. The normalized spacial score (nSPS) is 16.7. The molecule has 0 saturated carbocycles. The lowest BCUT2D eigenvalue weighted by molar-refractivity contribution is -0.144. The van der Waals surface area contributed by atoms with Gasteiger partial charge in [0, 0.05) is 0 Å². The number of anilines is 1. The molecular weight excluding hydrogens is 282 g/mol. The zero-order valence-corrected chi connectivity index (χ0v) is 11.4. The number of aliphatic hydroxyl groups excluding tert-OH is 5. The van der Waals surface area contributed by atoms with Gasteiger partial charge >= 0.3 is 0 Å². The molecule has 1 aromatic carbocycles. The van der Waals surface area contributed by atoms with Crippen LogP contribution in [0.2, 0.25) is 0 Å². The summed E-state index contributed by atoms with van der Waals surface area (Å²) in [6.45, 7) is -0.820. The number of ether oxygens (including phenoxy) is 1. The summed E-state index contributed by atoms with van der Waals surface area (Å²) in [6, 6.07) is 6.42. The lowest BCUT2D eigenvalue weighted by atomic mass is 10.0. The zero-order valence-electron chi connectivity index (χ0n) is 11.4. The zero-order chi connectivity index (χ0) is 16.0. The van der Waals surface area contributed by atoms with Crippen molar-refractivity contribution in [1.29, 1.82) is 0 Å². The van der Waals surface area contributed by atoms with E-state index < -0.39 is 36.9 Å². The third kappa shape index (κ3) is 4.38. The molecule has 1 rings (SSSR count). The Bertz CT molecular complexity index is 468. The second-order valence-electron chi connectivity index (χ2n) is 4.37. The van der Waals surface area contributed by atoms with Gasteiger partial charge in [0.15, 0.2) is 6.10 Å². The maximum Gasteiger partial charge on any atom is 0.256 e. The number of para-hydroxylation sites is 2. The van der Waals surface area contributed by atoms with E-state index in [-0.39, 0.29) is 5.69 Å². The number of carbonyl (C=O) groups is 1. The van der Waals surface area contributed by atoms with Crippen LogP contribution in [-0.2, 0) is 4.79 Å². The Balaban J connectivity index is 2.74. The van der Waals surface area contributed by atoms with E-state index in [1.165, 1.54) is 13.2 Å². The summed E-state index contributed by atoms with van der Waals surface area (Å²) in [6.07, 6.45) is -7.49. The fraction of sp³-hybridized carbons (Fsp3) is 0.462. The average Bonchev–Trinajstić information content (AvgIpc) is 2.52. The molecule has 0 bridgehead atoms. The number of aliphatic hydroxyl groups is 5. The molecule has 0 unspecified atom stereocenters. The SMILES string of the molecule is COc1ccccc1NC(=O)[C@H](O)[C@@H](O)[C@H](O)[C@H](O)CO. The van der Waals surface area contributed by atoms with E-state index in [1.807, 2.05) is 0 Å². The summed E-state index contributed by atoms with van der Waals surface area (Å²) in [5, 5.41) is 48.9. The molecule has 0 fully saturated rings. The first kappa shape index (κ1) is 17.3. The Labute approximate surface area is 121 Å². The van der Waals surface area contributed by atoms with Gasteiger partial charge in [-0.25, -0.2) is 0 Å². The van der Waals surface area contributed by atoms with Gasteiger partial charge < -0.3 is 35.6 Å². The predicted octanol–water partition coefficient (Wildman–Crippen LogP) is -1.93. The van der Waals surface area contributed by atoms with Gasteiger partial charge in [-0.15, -0.1) is 0 Å². The van der Waals surface area contributed by atoms with E-state index in [1.54, 1.807) is 18.2 Å². The van der Waals surface area contributed by atoms with Crippen molar-refractivity contribution < 1.29 is 35.1 Å². The van der Waals surface area contributed by atoms with E-state index in [0.717, 1.165) is 0 Å². The van der Waals surface area contributed by atoms with Crippen molar-refractivity contribution in [3.8, 4) is 5.75 Å². The standard InChI is InChI=1S/C13H19NO7/c1-21-9-5-3-2-4-7(9)14-13(20)12(19)11(18)10(17)8(16)6-15/h2-5,8,10-12,15-19H,6H2,1H3,(H,14,20)/t8-,10-,11+,12-/m1/s1. The van der Waals surface area contributed by atoms with Gasteiger partial charge in [0.25, 0.3) is 5.91 Å². The largest absolute Gasteiger partial charge is 0.495 e. The third-order valence-corrected chi connectivity index (χ3v) is 2.89. The second kappa shape index (κ2) is 7.91. The Morgan fingerprint density at radius 2 is 1.81 bits per heavy atom. The van der Waals surface area contributed by atoms with Gasteiger partial charge in [-0.1, -0.05) is 12.1 Å². The van der Waals surface area contributed by atoms with Crippen LogP contribution in [0.15, 0.2) is 24.3 Å². The van der Waals surface area contributed by atoms with Crippen molar-refractivity contribution in [3.05, 3.63) is 24.3 Å². The highest BCUT2D eigenvalue weighted by Crippen LogP contribution is 2.23. The minimum absolute atomic E-state index is 0.272. The summed E-state index contributed by atoms with van der Waals surface area (Å²) < 4.78 is 5.01. The number of carbonyl (C=O) groups excluding carboxylic acids is 1. The molecule has 4 atom stereocenters. The highest BCUT2D eigenvalue weighted by atomic mass is 16.5. The van der Waals surface area contributed by atoms with Crippen LogP contribution in [0.5, 0.6) is 5.75 Å². The average molecular weight is 301 g/mol. The van der Waals surface area contributed by atoms with Crippen molar-refractivity contribution in [2.45, 2.75) is 24.4 Å². The highest BCUT2D eigenvalue weighted by molar-refractivity contribution is 5.95. The fourth-order valence-corrected chi connectivity index (χ4v) is 1.63. The van der Waals surface area contributed by atoms with Crippen molar-refractivity contribution in [2.75, 3.05) is 19.0 Å². The molecule has 118 valence electrons. The topological polar surface area (TPSA) is 139 Å². The van der Waals surface area contributed by atoms with Gasteiger partial charge in [0.05, 0.1) is 19.4 Å². The van der Waals surface area contributed by atoms with Crippen molar-refractivity contribution in [2.24, 2.45) is 0 Å². The highest BCUT2D eigenvalue weighted by Gasteiger charge is 2.34. The van der Waals surface area contributed by atoms with Gasteiger partial charge in [-0.3, -0.25) is 4.79 Å². The molecule has 0 aliphatic rings. The Morgan fingerprint density at radius 3 is 2.38 bits per heavy atom. The Hall–Kier alpha value is -1.71. The molecule has 0 aromatic heterocycles. The first-order valence-corrected chi connectivity index (χ1v) is 6.19. The minimum atomic E-state index is -1.99. The monoisotopic (exact) mass is 301 g/mol. The van der Waals surface area contributed by atoms with Gasteiger partial charge in [0.1, 0.15) is 24.1 Å². The fourth-order valence-electron chi connectivity index (χ4n) is 1.63. The lowest BCUT2D eigenvalue weighted by Gasteiger charge is -2.25. The summed E-state index contributed by atoms with van der Waals surface area (Å²) in [5.74, 6) is -0.639. The number of benzene rings is 1. The van der Waals surface area contributed by atoms with Crippen LogP contribution in [0.1, 0.15) is 0 Å². The van der Waals surface area contributed by atoms with E-state index >= 15 is 0 Å². The molecule has 8 nitrogen and oxygen atoms in total. The van der Waals surface area contributed by atoms with Crippen LogP contribution in [0, 0.1) is 0 Å². The molecular formula is C13H19NO7. The maximum atomic E-state index is 11.8. The number of hydrogen-bond donors (Lipinski definition) is 6. The van der Waals surface area contributed by atoms with E-state index in [9.17, 15) is 25.2 Å². The minimum Gasteiger partial charge on any atom is -0.495 e. The van der Waals surface area contributed by atoms with Crippen molar-refractivity contribution >= 4 is 11.6 Å². The van der Waals surface area contributed by atoms with Crippen LogP contribution in [-0.4, -0.2) is 69.6 Å². The van der Waals surface area contributed by atoms with Crippen LogP contribution < -0.4 is 10.1 Å². The molecule has 1 aromatic rings. The number of methoxy groups -OCH3 is 1. The molecule has 8 heteroatoms. The van der Waals surface area contributed by atoms with Gasteiger partial charge in [-0.2, -0.15) is 0 Å². The first-order valence-electron chi connectivity index (χ1n) is 6.19. The molecule has 0 aliphatic heterocycles. The van der Waals surface area contributed by atoms with E-state index in [2.05, 4.69) is 5.32 Å². The maximum absolute atomic E-state index is 11.8. The molecule has 6 N–H and O–H groups in total. The van der Waals surface area contributed by atoms with Gasteiger partial charge in [-0.05, 0) is 12.1 Å². The van der Waals surface area contributed by atoms with Crippen LogP contribution >= 0.6 is 0 Å².